The molecular weight excluding hydrogens is 290 g/mol. The van der Waals surface area contributed by atoms with E-state index in [4.69, 9.17) is 4.74 Å². The average Bonchev–Trinajstić information content (AvgIpc) is 2.93. The normalized spacial score (nSPS) is 10.9. The number of carbonyl (C=O) groups is 1. The van der Waals surface area contributed by atoms with Crippen LogP contribution in [0.5, 0.6) is 5.75 Å². The van der Waals surface area contributed by atoms with Crippen LogP contribution in [-0.2, 0) is 17.6 Å². The number of benzene rings is 2. The van der Waals surface area contributed by atoms with E-state index in [2.05, 4.69) is 18.0 Å². The van der Waals surface area contributed by atoms with Crippen LogP contribution in [0.3, 0.4) is 0 Å². The molecular formula is C19H19NO3. The van der Waals surface area contributed by atoms with E-state index in [0.29, 0.717) is 0 Å². The van der Waals surface area contributed by atoms with Crippen molar-refractivity contribution < 1.29 is 14.6 Å². The molecule has 23 heavy (non-hydrogen) atoms. The van der Waals surface area contributed by atoms with Crippen LogP contribution in [-0.4, -0.2) is 23.2 Å². The van der Waals surface area contributed by atoms with Crippen molar-refractivity contribution in [2.45, 2.75) is 19.8 Å². The predicted molar refractivity (Wildman–Crippen MR) is 91.0 cm³/mol. The summed E-state index contributed by atoms with van der Waals surface area (Å²) < 4.78 is 5.29. The highest BCUT2D eigenvalue weighted by Crippen LogP contribution is 2.34. The van der Waals surface area contributed by atoms with E-state index < -0.39 is 5.97 Å². The summed E-state index contributed by atoms with van der Waals surface area (Å²) in [6.45, 7) is 2.09. The lowest BCUT2D eigenvalue weighted by Crippen LogP contribution is -2.01. The molecule has 0 amide bonds. The van der Waals surface area contributed by atoms with Crippen molar-refractivity contribution in [2.75, 3.05) is 7.11 Å². The molecule has 0 spiro atoms. The molecule has 0 saturated carbocycles. The van der Waals surface area contributed by atoms with Gasteiger partial charge in [-0.1, -0.05) is 37.3 Å². The Hall–Kier alpha value is -2.75. The summed E-state index contributed by atoms with van der Waals surface area (Å²) in [4.78, 5) is 14.8. The second kappa shape index (κ2) is 6.16. The Kier molecular flexibility index (Phi) is 4.06. The summed E-state index contributed by atoms with van der Waals surface area (Å²) in [7, 11) is 1.62. The minimum absolute atomic E-state index is 0.0142. The number of carboxylic acid groups (broad SMARTS) is 1. The first-order valence-electron chi connectivity index (χ1n) is 7.62. The Bertz CT molecular complexity index is 864. The van der Waals surface area contributed by atoms with Gasteiger partial charge in [0.15, 0.2) is 0 Å². The molecule has 3 rings (SSSR count). The number of hydrogen-bond donors (Lipinski definition) is 2. The summed E-state index contributed by atoms with van der Waals surface area (Å²) in [5.74, 6) is -0.0879. The van der Waals surface area contributed by atoms with E-state index in [1.165, 1.54) is 5.56 Å². The molecule has 0 radical (unpaired) electrons. The molecule has 3 aromatic rings. The quantitative estimate of drug-likeness (QED) is 0.748. The number of nitrogens with one attached hydrogen (secondary N) is 1. The second-order valence-electron chi connectivity index (χ2n) is 5.47. The fourth-order valence-electron chi connectivity index (χ4n) is 2.99. The maximum atomic E-state index is 11.3. The Morgan fingerprint density at radius 2 is 2.00 bits per heavy atom. The molecule has 118 valence electrons. The zero-order valence-electron chi connectivity index (χ0n) is 13.2. The number of carboxylic acids is 1. The number of aromatic nitrogens is 1. The van der Waals surface area contributed by atoms with Gasteiger partial charge < -0.3 is 14.8 Å². The second-order valence-corrected chi connectivity index (χ2v) is 5.47. The number of methoxy groups -OCH3 is 1. The SMILES string of the molecule is CCc1cccc2c(CC(=O)O)c(-c3cccc(OC)c3)[nH]c12. The van der Waals surface area contributed by atoms with Gasteiger partial charge in [-0.3, -0.25) is 4.79 Å². The van der Waals surface area contributed by atoms with Crippen molar-refractivity contribution in [1.82, 2.24) is 4.98 Å². The molecule has 2 N–H and O–H groups in total. The highest BCUT2D eigenvalue weighted by Gasteiger charge is 2.17. The van der Waals surface area contributed by atoms with Gasteiger partial charge in [0.2, 0.25) is 0 Å². The third kappa shape index (κ3) is 2.80. The molecule has 1 aromatic heterocycles. The maximum Gasteiger partial charge on any atom is 0.307 e. The van der Waals surface area contributed by atoms with Gasteiger partial charge in [0.05, 0.1) is 19.2 Å². The van der Waals surface area contributed by atoms with E-state index in [1.807, 2.05) is 36.4 Å². The van der Waals surface area contributed by atoms with Gasteiger partial charge in [-0.15, -0.1) is 0 Å². The molecule has 4 nitrogen and oxygen atoms in total. The van der Waals surface area contributed by atoms with Gasteiger partial charge in [0.1, 0.15) is 5.75 Å². The van der Waals surface area contributed by atoms with E-state index in [1.54, 1.807) is 7.11 Å². The number of ether oxygens (including phenoxy) is 1. The van der Waals surface area contributed by atoms with Crippen LogP contribution < -0.4 is 4.74 Å². The van der Waals surface area contributed by atoms with Crippen molar-refractivity contribution in [3.8, 4) is 17.0 Å². The third-order valence-corrected chi connectivity index (χ3v) is 4.09. The lowest BCUT2D eigenvalue weighted by molar-refractivity contribution is -0.136. The van der Waals surface area contributed by atoms with Crippen molar-refractivity contribution in [2.24, 2.45) is 0 Å². The fourth-order valence-corrected chi connectivity index (χ4v) is 2.99. The molecule has 0 aliphatic heterocycles. The summed E-state index contributed by atoms with van der Waals surface area (Å²) in [5, 5.41) is 10.3. The summed E-state index contributed by atoms with van der Waals surface area (Å²) in [6, 6.07) is 13.7. The molecule has 0 aliphatic carbocycles. The van der Waals surface area contributed by atoms with Crippen LogP contribution in [0.4, 0.5) is 0 Å². The minimum Gasteiger partial charge on any atom is -0.497 e. The first-order chi connectivity index (χ1) is 11.1. The molecule has 2 aromatic carbocycles. The Morgan fingerprint density at radius 3 is 2.70 bits per heavy atom. The molecule has 1 heterocycles. The maximum absolute atomic E-state index is 11.3. The lowest BCUT2D eigenvalue weighted by Gasteiger charge is -2.05. The minimum atomic E-state index is -0.836. The zero-order chi connectivity index (χ0) is 16.4. The van der Waals surface area contributed by atoms with Crippen LogP contribution in [0.15, 0.2) is 42.5 Å². The van der Waals surface area contributed by atoms with Crippen LogP contribution >= 0.6 is 0 Å². The van der Waals surface area contributed by atoms with Gasteiger partial charge in [-0.25, -0.2) is 0 Å². The number of aryl methyl sites for hydroxylation is 1. The van der Waals surface area contributed by atoms with Crippen molar-refractivity contribution in [1.29, 1.82) is 0 Å². The summed E-state index contributed by atoms with van der Waals surface area (Å²) in [5.41, 5.74) is 4.80. The number of aliphatic carboxylic acids is 1. The Balaban J connectivity index is 2.27. The van der Waals surface area contributed by atoms with E-state index in [0.717, 1.165) is 39.9 Å². The number of fused-ring (bicyclic) bond motifs is 1. The first kappa shape index (κ1) is 15.2. The number of hydrogen-bond acceptors (Lipinski definition) is 2. The van der Waals surface area contributed by atoms with Gasteiger partial charge in [0.25, 0.3) is 0 Å². The Labute approximate surface area is 134 Å². The van der Waals surface area contributed by atoms with Crippen LogP contribution in [0.2, 0.25) is 0 Å². The number of rotatable bonds is 5. The van der Waals surface area contributed by atoms with Gasteiger partial charge in [0, 0.05) is 16.5 Å². The third-order valence-electron chi connectivity index (χ3n) is 4.09. The molecule has 0 bridgehead atoms. The molecule has 0 saturated heterocycles. The van der Waals surface area contributed by atoms with E-state index >= 15 is 0 Å². The molecule has 0 atom stereocenters. The van der Waals surface area contributed by atoms with Crippen LogP contribution in [0, 0.1) is 0 Å². The van der Waals surface area contributed by atoms with Crippen molar-refractivity contribution in [3.05, 3.63) is 53.6 Å². The van der Waals surface area contributed by atoms with Crippen molar-refractivity contribution >= 4 is 16.9 Å². The molecule has 0 aliphatic rings. The summed E-state index contributed by atoms with van der Waals surface area (Å²) in [6.07, 6.45) is 0.877. The number of H-pyrrole nitrogens is 1. The summed E-state index contributed by atoms with van der Waals surface area (Å²) >= 11 is 0. The highest BCUT2D eigenvalue weighted by molar-refractivity contribution is 5.95. The standard InChI is InChI=1S/C19H19NO3/c1-3-12-6-5-9-15-16(11-17(21)22)19(20-18(12)15)13-7-4-8-14(10-13)23-2/h4-10,20H,3,11H2,1-2H3,(H,21,22). The van der Waals surface area contributed by atoms with Gasteiger partial charge in [-0.2, -0.15) is 0 Å². The fraction of sp³-hybridized carbons (Fsp3) is 0.211. The number of para-hydroxylation sites is 1. The first-order valence-corrected chi connectivity index (χ1v) is 7.62. The van der Waals surface area contributed by atoms with Crippen molar-refractivity contribution in [3.63, 3.8) is 0 Å². The smallest absolute Gasteiger partial charge is 0.307 e. The average molecular weight is 309 g/mol. The molecule has 4 heteroatoms. The van der Waals surface area contributed by atoms with E-state index in [9.17, 15) is 9.90 Å². The topological polar surface area (TPSA) is 62.3 Å². The largest absolute Gasteiger partial charge is 0.497 e. The van der Waals surface area contributed by atoms with E-state index in [-0.39, 0.29) is 6.42 Å². The Morgan fingerprint density at radius 1 is 1.22 bits per heavy atom. The van der Waals surface area contributed by atoms with Crippen LogP contribution in [0.1, 0.15) is 18.1 Å². The monoisotopic (exact) mass is 309 g/mol. The predicted octanol–water partition coefficient (Wildman–Crippen LogP) is 4.03. The lowest BCUT2D eigenvalue weighted by atomic mass is 10.0. The van der Waals surface area contributed by atoms with Gasteiger partial charge >= 0.3 is 5.97 Å². The van der Waals surface area contributed by atoms with Gasteiger partial charge in [-0.05, 0) is 29.7 Å². The molecule has 0 fully saturated rings. The molecule has 0 unspecified atom stereocenters. The number of aromatic amines is 1. The van der Waals surface area contributed by atoms with Crippen LogP contribution in [0.25, 0.3) is 22.2 Å². The highest BCUT2D eigenvalue weighted by atomic mass is 16.5. The zero-order valence-corrected chi connectivity index (χ0v) is 13.2.